The van der Waals surface area contributed by atoms with E-state index >= 15 is 0 Å². The van der Waals surface area contributed by atoms with Gasteiger partial charge in [0.05, 0.1) is 16.2 Å². The van der Waals surface area contributed by atoms with Crippen LogP contribution in [-0.4, -0.2) is 21.3 Å². The van der Waals surface area contributed by atoms with Gasteiger partial charge in [-0.05, 0) is 24.3 Å². The first-order chi connectivity index (χ1) is 12.0. The highest BCUT2D eigenvalue weighted by Gasteiger charge is 2.13. The van der Waals surface area contributed by atoms with Crippen molar-refractivity contribution in [1.82, 2.24) is 4.98 Å². The molecule has 25 heavy (non-hydrogen) atoms. The number of fused-ring (bicyclic) bond motifs is 1. The van der Waals surface area contributed by atoms with Gasteiger partial charge in [-0.3, -0.25) is 14.9 Å². The van der Waals surface area contributed by atoms with Gasteiger partial charge in [0.1, 0.15) is 11.3 Å². The molecule has 9 heteroatoms. The third-order valence-corrected chi connectivity index (χ3v) is 3.53. The van der Waals surface area contributed by atoms with E-state index in [1.807, 2.05) is 0 Å². The Hall–Kier alpha value is -3.39. The molecule has 0 bridgehead atoms. The summed E-state index contributed by atoms with van der Waals surface area (Å²) in [6.07, 6.45) is 1.74. The van der Waals surface area contributed by atoms with Crippen LogP contribution in [0.1, 0.15) is 5.89 Å². The van der Waals surface area contributed by atoms with E-state index in [2.05, 4.69) is 10.3 Å². The number of nitrogens with one attached hydrogen (secondary N) is 1. The van der Waals surface area contributed by atoms with E-state index in [1.54, 1.807) is 18.2 Å². The highest BCUT2D eigenvalue weighted by Crippen LogP contribution is 2.29. The maximum atomic E-state index is 11.3. The third kappa shape index (κ3) is 3.43. The molecule has 0 aliphatic carbocycles. The number of benzene rings is 2. The molecule has 3 rings (SSSR count). The Labute approximate surface area is 145 Å². The smallest absolute Gasteiger partial charge is 0.271 e. The maximum absolute atomic E-state index is 11.3. The molecule has 1 aromatic heterocycles. The van der Waals surface area contributed by atoms with E-state index < -0.39 is 4.92 Å². The van der Waals surface area contributed by atoms with Crippen molar-refractivity contribution in [3.63, 3.8) is 0 Å². The zero-order chi connectivity index (χ0) is 18.0. The fourth-order valence-corrected chi connectivity index (χ4v) is 2.25. The number of allylic oxidation sites excluding steroid dienone is 1. The number of carbonyl (C=O) groups excluding carboxylic acids is 1. The van der Waals surface area contributed by atoms with Crippen molar-refractivity contribution in [3.8, 4) is 5.75 Å². The Bertz CT molecular complexity index is 1010. The number of nitro benzene ring substituents is 1. The fourth-order valence-electron chi connectivity index (χ4n) is 2.08. The number of carbonyl (C=O) groups is 1. The number of aromatic nitrogens is 1. The van der Waals surface area contributed by atoms with Crippen LogP contribution >= 0.6 is 11.6 Å². The second kappa shape index (κ2) is 6.62. The third-order valence-electron chi connectivity index (χ3n) is 3.30. The molecule has 2 aromatic carbocycles. The summed E-state index contributed by atoms with van der Waals surface area (Å²) in [6.45, 7) is 0. The van der Waals surface area contributed by atoms with Crippen molar-refractivity contribution < 1.29 is 19.2 Å². The second-order valence-corrected chi connectivity index (χ2v) is 5.39. The lowest BCUT2D eigenvalue weighted by molar-refractivity contribution is -0.384. The Morgan fingerprint density at radius 3 is 2.84 bits per heavy atom. The summed E-state index contributed by atoms with van der Waals surface area (Å²) < 4.78 is 5.48. The van der Waals surface area contributed by atoms with Crippen LogP contribution in [0.4, 0.5) is 11.4 Å². The fraction of sp³-hybridized carbons (Fsp3) is 0. The highest BCUT2D eigenvalue weighted by atomic mass is 35.5. The number of hydrogen-bond acceptors (Lipinski definition) is 7. The van der Waals surface area contributed by atoms with Crippen molar-refractivity contribution in [2.45, 2.75) is 0 Å². The molecule has 0 spiro atoms. The van der Waals surface area contributed by atoms with Gasteiger partial charge < -0.3 is 14.8 Å². The summed E-state index contributed by atoms with van der Waals surface area (Å²) in [5, 5.41) is 23.7. The van der Waals surface area contributed by atoms with E-state index in [-0.39, 0.29) is 28.6 Å². The van der Waals surface area contributed by atoms with Crippen molar-refractivity contribution in [2.75, 3.05) is 5.32 Å². The standard InChI is InChI=1S/C16H10ClN3O5/c17-10-1-4-15-13(5-10)19-16(25-15)9(8-21)7-18-12-6-11(20(23)24)2-3-14(12)22/h1-8,18,22H/b9-7+. The highest BCUT2D eigenvalue weighted by molar-refractivity contribution is 6.31. The summed E-state index contributed by atoms with van der Waals surface area (Å²) in [6, 6.07) is 8.32. The molecule has 0 atom stereocenters. The lowest BCUT2D eigenvalue weighted by Gasteiger charge is -2.04. The van der Waals surface area contributed by atoms with Crippen molar-refractivity contribution in [3.05, 3.63) is 63.6 Å². The Morgan fingerprint density at radius 1 is 1.32 bits per heavy atom. The molecule has 0 fully saturated rings. The zero-order valence-electron chi connectivity index (χ0n) is 12.5. The summed E-state index contributed by atoms with van der Waals surface area (Å²) in [4.78, 5) is 25.7. The monoisotopic (exact) mass is 359 g/mol. The van der Waals surface area contributed by atoms with Crippen LogP contribution < -0.4 is 5.32 Å². The normalized spacial score (nSPS) is 11.5. The van der Waals surface area contributed by atoms with Crippen LogP contribution in [-0.2, 0) is 4.79 Å². The van der Waals surface area contributed by atoms with Crippen LogP contribution in [0, 0.1) is 10.1 Å². The van der Waals surface area contributed by atoms with Crippen molar-refractivity contribution in [1.29, 1.82) is 0 Å². The molecular weight excluding hydrogens is 350 g/mol. The van der Waals surface area contributed by atoms with Gasteiger partial charge in [-0.2, -0.15) is 0 Å². The second-order valence-electron chi connectivity index (χ2n) is 4.95. The minimum absolute atomic E-state index is 0.0460. The number of phenols is 1. The Balaban J connectivity index is 1.93. The van der Waals surface area contributed by atoms with E-state index in [9.17, 15) is 20.0 Å². The summed E-state index contributed by atoms with van der Waals surface area (Å²) >= 11 is 5.88. The molecule has 3 aromatic rings. The molecule has 0 amide bonds. The molecular formula is C16H10ClN3O5. The first-order valence-corrected chi connectivity index (χ1v) is 7.31. The molecule has 0 aliphatic heterocycles. The predicted octanol–water partition coefficient (Wildman–Crippen LogP) is 3.75. The topological polar surface area (TPSA) is 118 Å². The quantitative estimate of drug-likeness (QED) is 0.234. The van der Waals surface area contributed by atoms with Crippen LogP contribution in [0.5, 0.6) is 5.75 Å². The number of nitrogens with zero attached hydrogens (tertiary/aromatic N) is 2. The van der Waals surface area contributed by atoms with E-state index in [1.165, 1.54) is 12.3 Å². The number of non-ortho nitro benzene ring substituents is 1. The van der Waals surface area contributed by atoms with Crippen molar-refractivity contribution in [2.24, 2.45) is 0 Å². The zero-order valence-corrected chi connectivity index (χ0v) is 13.2. The SMILES string of the molecule is O=C/C(=C\Nc1cc([N+](=O)[O-])ccc1O)c1nc2cc(Cl)ccc2o1. The number of nitro groups is 1. The summed E-state index contributed by atoms with van der Waals surface area (Å²) in [5.74, 6) is -0.166. The Morgan fingerprint density at radius 2 is 2.12 bits per heavy atom. The van der Waals surface area contributed by atoms with Crippen LogP contribution in [0.25, 0.3) is 16.7 Å². The molecule has 0 aliphatic rings. The largest absolute Gasteiger partial charge is 0.506 e. The minimum Gasteiger partial charge on any atom is -0.506 e. The molecule has 0 unspecified atom stereocenters. The van der Waals surface area contributed by atoms with Gasteiger partial charge in [-0.1, -0.05) is 11.6 Å². The van der Waals surface area contributed by atoms with Gasteiger partial charge in [0.15, 0.2) is 11.9 Å². The van der Waals surface area contributed by atoms with Gasteiger partial charge in [-0.15, -0.1) is 0 Å². The lowest BCUT2D eigenvalue weighted by Crippen LogP contribution is -1.95. The number of aromatic hydroxyl groups is 1. The number of hydrogen-bond donors (Lipinski definition) is 2. The van der Waals surface area contributed by atoms with Gasteiger partial charge >= 0.3 is 0 Å². The number of oxazole rings is 1. The molecule has 8 nitrogen and oxygen atoms in total. The van der Waals surface area contributed by atoms with Crippen LogP contribution in [0.15, 0.2) is 47.0 Å². The lowest BCUT2D eigenvalue weighted by atomic mass is 10.2. The van der Waals surface area contributed by atoms with Crippen LogP contribution in [0.2, 0.25) is 5.02 Å². The molecule has 0 radical (unpaired) electrons. The number of aldehydes is 1. The summed E-state index contributed by atoms with van der Waals surface area (Å²) in [5.41, 5.74) is 0.836. The van der Waals surface area contributed by atoms with E-state index in [0.717, 1.165) is 12.1 Å². The first-order valence-electron chi connectivity index (χ1n) is 6.93. The first kappa shape index (κ1) is 16.5. The summed E-state index contributed by atoms with van der Waals surface area (Å²) in [7, 11) is 0. The van der Waals surface area contributed by atoms with Gasteiger partial charge in [-0.25, -0.2) is 4.98 Å². The van der Waals surface area contributed by atoms with Gasteiger partial charge in [0.2, 0.25) is 5.89 Å². The molecule has 126 valence electrons. The molecule has 0 saturated heterocycles. The Kier molecular flexibility index (Phi) is 4.36. The van der Waals surface area contributed by atoms with Gasteiger partial charge in [0.25, 0.3) is 5.69 Å². The number of rotatable bonds is 5. The number of anilines is 1. The van der Waals surface area contributed by atoms with Crippen molar-refractivity contribution >= 4 is 45.9 Å². The molecule has 1 heterocycles. The number of halogens is 1. The molecule has 0 saturated carbocycles. The van der Waals surface area contributed by atoms with Gasteiger partial charge in [0, 0.05) is 23.4 Å². The average molecular weight is 360 g/mol. The molecule has 2 N–H and O–H groups in total. The average Bonchev–Trinajstić information content (AvgIpc) is 2.99. The van der Waals surface area contributed by atoms with E-state index in [4.69, 9.17) is 16.0 Å². The number of phenolic OH excluding ortho intramolecular Hbond substituents is 1. The predicted molar refractivity (Wildman–Crippen MR) is 91.4 cm³/mol. The maximum Gasteiger partial charge on any atom is 0.271 e. The van der Waals surface area contributed by atoms with Crippen LogP contribution in [0.3, 0.4) is 0 Å². The van der Waals surface area contributed by atoms with E-state index in [0.29, 0.717) is 22.4 Å². The minimum atomic E-state index is -0.598.